The number of carbonyl (C=O) groups is 2. The van der Waals surface area contributed by atoms with Crippen LogP contribution in [0, 0.1) is 0 Å². The Morgan fingerprint density at radius 1 is 1.15 bits per heavy atom. The molecule has 1 aliphatic heterocycles. The lowest BCUT2D eigenvalue weighted by molar-refractivity contribution is 0.0705. The van der Waals surface area contributed by atoms with E-state index in [1.807, 2.05) is 30.1 Å². The second-order valence-corrected chi connectivity index (χ2v) is 10.8. The molecule has 5 rings (SSSR count). The van der Waals surface area contributed by atoms with Gasteiger partial charge in [0.05, 0.1) is 41.6 Å². The zero-order valence-electron chi connectivity index (χ0n) is 22.8. The summed E-state index contributed by atoms with van der Waals surface area (Å²) in [6.07, 6.45) is 2.00. The molecule has 214 valence electrons. The maximum atomic E-state index is 12.0. The van der Waals surface area contributed by atoms with E-state index in [0.717, 1.165) is 39.6 Å². The maximum Gasteiger partial charge on any atom is 0.411 e. The number of nitrogens with one attached hydrogen (secondary N) is 2. The van der Waals surface area contributed by atoms with Gasteiger partial charge in [-0.2, -0.15) is 0 Å². The number of hydrogen-bond donors (Lipinski definition) is 3. The SMILES string of the molecule is CC(C)OC(=O)Nc1ccc(-c2nc(N3CCOCC3)c3sc(CN(C)c4ncc(C(=O)NO)cn4)cc3n2)cc1. The van der Waals surface area contributed by atoms with Gasteiger partial charge in [0.2, 0.25) is 5.95 Å². The van der Waals surface area contributed by atoms with Crippen molar-refractivity contribution < 1.29 is 24.3 Å². The second-order valence-electron chi connectivity index (χ2n) is 9.62. The number of benzene rings is 1. The first-order valence-electron chi connectivity index (χ1n) is 13.0. The smallest absolute Gasteiger partial charge is 0.411 e. The molecule has 3 aromatic heterocycles. The van der Waals surface area contributed by atoms with Crippen molar-refractivity contribution in [2.75, 3.05) is 48.5 Å². The van der Waals surface area contributed by atoms with Crippen LogP contribution in [0.5, 0.6) is 0 Å². The van der Waals surface area contributed by atoms with Gasteiger partial charge in [0.15, 0.2) is 11.6 Å². The number of thiophene rings is 1. The minimum atomic E-state index is -0.673. The third-order valence-electron chi connectivity index (χ3n) is 6.18. The molecule has 1 saturated heterocycles. The number of morpholine rings is 1. The normalized spacial score (nSPS) is 13.3. The molecule has 0 spiro atoms. The summed E-state index contributed by atoms with van der Waals surface area (Å²) in [6.45, 7) is 6.79. The van der Waals surface area contributed by atoms with Crippen LogP contribution in [-0.2, 0) is 16.0 Å². The second kappa shape index (κ2) is 12.4. The number of hydrogen-bond acceptors (Lipinski definition) is 12. The number of aromatic nitrogens is 4. The van der Waals surface area contributed by atoms with E-state index in [2.05, 4.69) is 20.2 Å². The highest BCUT2D eigenvalue weighted by molar-refractivity contribution is 7.19. The van der Waals surface area contributed by atoms with E-state index >= 15 is 0 Å². The van der Waals surface area contributed by atoms with Gasteiger partial charge < -0.3 is 19.3 Å². The maximum absolute atomic E-state index is 12.0. The van der Waals surface area contributed by atoms with Crippen LogP contribution in [0.15, 0.2) is 42.7 Å². The van der Waals surface area contributed by atoms with Gasteiger partial charge in [-0.1, -0.05) is 0 Å². The molecule has 1 aromatic carbocycles. The fraction of sp³-hybridized carbons (Fsp3) is 0.333. The molecule has 4 aromatic rings. The molecule has 0 radical (unpaired) electrons. The summed E-state index contributed by atoms with van der Waals surface area (Å²) in [4.78, 5) is 47.0. The molecular weight excluding hydrogens is 548 g/mol. The Hall–Kier alpha value is -4.40. The zero-order chi connectivity index (χ0) is 28.9. The van der Waals surface area contributed by atoms with Crippen LogP contribution in [-0.4, -0.2) is 76.6 Å². The molecule has 0 unspecified atom stereocenters. The molecule has 2 amide bonds. The molecule has 0 saturated carbocycles. The average Bonchev–Trinajstić information content (AvgIpc) is 3.39. The summed E-state index contributed by atoms with van der Waals surface area (Å²) >= 11 is 1.61. The molecule has 3 N–H and O–H groups in total. The lowest BCUT2D eigenvalue weighted by Gasteiger charge is -2.28. The Morgan fingerprint density at radius 2 is 1.85 bits per heavy atom. The standard InChI is InChI=1S/C27H30N8O5S/c1-16(2)40-27(37)30-19-6-4-17(5-7-19)23-31-21-12-20(41-22(21)24(32-23)35-8-10-39-11-9-35)15-34(3)26-28-13-18(14-29-26)25(36)33-38/h4-7,12-14,16,38H,8-11,15H2,1-3H3,(H,30,37)(H,33,36). The van der Waals surface area contributed by atoms with Crippen molar-refractivity contribution in [2.24, 2.45) is 0 Å². The molecule has 0 atom stereocenters. The predicted octanol–water partition coefficient (Wildman–Crippen LogP) is 3.70. The van der Waals surface area contributed by atoms with Crippen molar-refractivity contribution >= 4 is 51.0 Å². The van der Waals surface area contributed by atoms with Crippen LogP contribution in [0.25, 0.3) is 21.6 Å². The Morgan fingerprint density at radius 3 is 2.51 bits per heavy atom. The quantitative estimate of drug-likeness (QED) is 0.207. The molecule has 0 aliphatic carbocycles. The number of anilines is 3. The molecule has 0 bridgehead atoms. The van der Waals surface area contributed by atoms with Crippen LogP contribution in [0.2, 0.25) is 0 Å². The lowest BCUT2D eigenvalue weighted by atomic mass is 10.2. The number of carbonyl (C=O) groups excluding carboxylic acids is 2. The number of amides is 2. The van der Waals surface area contributed by atoms with Crippen LogP contribution in [0.3, 0.4) is 0 Å². The molecule has 13 nitrogen and oxygen atoms in total. The van der Waals surface area contributed by atoms with Gasteiger partial charge in [-0.3, -0.25) is 15.3 Å². The Kier molecular flexibility index (Phi) is 8.52. The average molecular weight is 579 g/mol. The van der Waals surface area contributed by atoms with E-state index in [4.69, 9.17) is 24.6 Å². The number of ether oxygens (including phenoxy) is 2. The van der Waals surface area contributed by atoms with Crippen molar-refractivity contribution in [3.8, 4) is 11.4 Å². The van der Waals surface area contributed by atoms with E-state index in [1.54, 1.807) is 42.8 Å². The van der Waals surface area contributed by atoms with Crippen LogP contribution >= 0.6 is 11.3 Å². The minimum Gasteiger partial charge on any atom is -0.447 e. The van der Waals surface area contributed by atoms with Crippen LogP contribution in [0.4, 0.5) is 22.2 Å². The zero-order valence-corrected chi connectivity index (χ0v) is 23.6. The number of rotatable bonds is 8. The van der Waals surface area contributed by atoms with Gasteiger partial charge in [0, 0.05) is 48.7 Å². The minimum absolute atomic E-state index is 0.156. The highest BCUT2D eigenvalue weighted by Crippen LogP contribution is 2.35. The molecule has 14 heteroatoms. The third-order valence-corrected chi connectivity index (χ3v) is 7.29. The number of nitrogens with zero attached hydrogens (tertiary/aromatic N) is 6. The van der Waals surface area contributed by atoms with Crippen molar-refractivity contribution in [1.29, 1.82) is 0 Å². The van der Waals surface area contributed by atoms with E-state index < -0.39 is 12.0 Å². The highest BCUT2D eigenvalue weighted by atomic mass is 32.1. The first-order valence-corrected chi connectivity index (χ1v) is 13.8. The molecule has 1 aliphatic rings. The fourth-order valence-corrected chi connectivity index (χ4v) is 5.40. The predicted molar refractivity (Wildman–Crippen MR) is 155 cm³/mol. The summed E-state index contributed by atoms with van der Waals surface area (Å²) in [5.74, 6) is 1.19. The molecule has 4 heterocycles. The summed E-state index contributed by atoms with van der Waals surface area (Å²) in [7, 11) is 1.86. The van der Waals surface area contributed by atoms with E-state index in [-0.39, 0.29) is 11.7 Å². The summed E-state index contributed by atoms with van der Waals surface area (Å²) in [6, 6.07) is 9.37. The monoisotopic (exact) mass is 578 g/mol. The third kappa shape index (κ3) is 6.67. The largest absolute Gasteiger partial charge is 0.447 e. The van der Waals surface area contributed by atoms with Gasteiger partial charge in [-0.25, -0.2) is 30.2 Å². The summed E-state index contributed by atoms with van der Waals surface area (Å²) in [5, 5.41) is 11.5. The summed E-state index contributed by atoms with van der Waals surface area (Å²) in [5.41, 5.74) is 3.98. The topological polar surface area (TPSA) is 155 Å². The lowest BCUT2D eigenvalue weighted by Crippen LogP contribution is -2.36. The van der Waals surface area contributed by atoms with Crippen molar-refractivity contribution in [2.45, 2.75) is 26.5 Å². The number of hydroxylamine groups is 1. The Balaban J connectivity index is 1.42. The molecule has 41 heavy (non-hydrogen) atoms. The van der Waals surface area contributed by atoms with Crippen LogP contribution < -0.4 is 20.6 Å². The van der Waals surface area contributed by atoms with Gasteiger partial charge in [-0.05, 0) is 44.2 Å². The first-order chi connectivity index (χ1) is 19.8. The van der Waals surface area contributed by atoms with E-state index in [1.165, 1.54) is 12.4 Å². The van der Waals surface area contributed by atoms with Crippen molar-refractivity contribution in [3.63, 3.8) is 0 Å². The number of fused-ring (bicyclic) bond motifs is 1. The van der Waals surface area contributed by atoms with Gasteiger partial charge in [-0.15, -0.1) is 11.3 Å². The highest BCUT2D eigenvalue weighted by Gasteiger charge is 2.21. The van der Waals surface area contributed by atoms with Crippen molar-refractivity contribution in [3.05, 3.63) is 53.2 Å². The molecular formula is C27H30N8O5S. The van der Waals surface area contributed by atoms with Gasteiger partial charge >= 0.3 is 6.09 Å². The first kappa shape index (κ1) is 28.1. The van der Waals surface area contributed by atoms with Gasteiger partial charge in [0.25, 0.3) is 5.91 Å². The van der Waals surface area contributed by atoms with Crippen molar-refractivity contribution in [1.82, 2.24) is 25.4 Å². The Labute approximate surface area is 240 Å². The van der Waals surface area contributed by atoms with E-state index in [0.29, 0.717) is 37.2 Å². The van der Waals surface area contributed by atoms with Crippen LogP contribution in [0.1, 0.15) is 29.1 Å². The fourth-order valence-electron chi connectivity index (χ4n) is 4.23. The Bertz CT molecular complexity index is 1520. The summed E-state index contributed by atoms with van der Waals surface area (Å²) < 4.78 is 11.7. The van der Waals surface area contributed by atoms with Gasteiger partial charge in [0.1, 0.15) is 0 Å². The van der Waals surface area contributed by atoms with E-state index in [9.17, 15) is 9.59 Å². The molecule has 1 fully saturated rings.